The minimum absolute atomic E-state index is 0.0742. The molecule has 0 radical (unpaired) electrons. The number of benzene rings is 2. The standard InChI is InChI=1S/C22H20F2N4O3/c1-30-18-12-13(2-10-17(18)31-22(23)24)3-11-19(29)25-16-8-6-15(7-9-16)21-26-20(27-28-21)14-4-5-14/h2-3,6-12,14,22H,4-5H2,1H3,(H,25,29)(H,26,27,28)/b11-3+. The molecule has 1 heterocycles. The van der Waals surface area contributed by atoms with Gasteiger partial charge in [-0.1, -0.05) is 6.07 Å². The predicted molar refractivity (Wildman–Crippen MR) is 111 cm³/mol. The number of alkyl halides is 2. The third kappa shape index (κ3) is 5.25. The largest absolute Gasteiger partial charge is 0.493 e. The van der Waals surface area contributed by atoms with Crippen molar-refractivity contribution in [2.75, 3.05) is 12.4 Å². The van der Waals surface area contributed by atoms with Gasteiger partial charge < -0.3 is 14.8 Å². The lowest BCUT2D eigenvalue weighted by Crippen LogP contribution is -2.07. The molecule has 0 bridgehead atoms. The van der Waals surface area contributed by atoms with Gasteiger partial charge in [-0.3, -0.25) is 9.89 Å². The van der Waals surface area contributed by atoms with Crippen molar-refractivity contribution in [3.8, 4) is 22.9 Å². The number of aromatic amines is 1. The first-order chi connectivity index (χ1) is 15.0. The smallest absolute Gasteiger partial charge is 0.387 e. The molecule has 0 aliphatic heterocycles. The topological polar surface area (TPSA) is 89.1 Å². The maximum absolute atomic E-state index is 12.4. The lowest BCUT2D eigenvalue weighted by atomic mass is 10.1. The summed E-state index contributed by atoms with van der Waals surface area (Å²) in [4.78, 5) is 16.7. The number of H-pyrrole nitrogens is 1. The van der Waals surface area contributed by atoms with E-state index in [-0.39, 0.29) is 17.4 Å². The minimum atomic E-state index is -2.95. The van der Waals surface area contributed by atoms with Gasteiger partial charge in [0, 0.05) is 23.2 Å². The molecule has 160 valence electrons. The highest BCUT2D eigenvalue weighted by Gasteiger charge is 2.27. The summed E-state index contributed by atoms with van der Waals surface area (Å²) in [6.07, 6.45) is 5.18. The van der Waals surface area contributed by atoms with Crippen LogP contribution in [0.25, 0.3) is 17.5 Å². The lowest BCUT2D eigenvalue weighted by molar-refractivity contribution is -0.111. The van der Waals surface area contributed by atoms with Gasteiger partial charge in [0.05, 0.1) is 7.11 Å². The Morgan fingerprint density at radius 2 is 1.97 bits per heavy atom. The van der Waals surface area contributed by atoms with Crippen molar-refractivity contribution >= 4 is 17.7 Å². The van der Waals surface area contributed by atoms with Crippen LogP contribution in [0.15, 0.2) is 48.5 Å². The first-order valence-electron chi connectivity index (χ1n) is 9.66. The van der Waals surface area contributed by atoms with Gasteiger partial charge in [0.15, 0.2) is 17.3 Å². The second kappa shape index (κ2) is 8.95. The number of hydrogen-bond donors (Lipinski definition) is 2. The van der Waals surface area contributed by atoms with Crippen LogP contribution >= 0.6 is 0 Å². The molecule has 2 N–H and O–H groups in total. The summed E-state index contributed by atoms with van der Waals surface area (Å²) in [5.41, 5.74) is 2.07. The summed E-state index contributed by atoms with van der Waals surface area (Å²) in [7, 11) is 1.35. The van der Waals surface area contributed by atoms with E-state index in [1.165, 1.54) is 25.3 Å². The maximum atomic E-state index is 12.4. The molecule has 1 amide bonds. The van der Waals surface area contributed by atoms with Gasteiger partial charge in [0.2, 0.25) is 5.91 Å². The zero-order chi connectivity index (χ0) is 21.8. The SMILES string of the molecule is COc1cc(/C=C/C(=O)Nc2ccc(-c3n[nH]c(C4CC4)n3)cc2)ccc1OC(F)F. The van der Waals surface area contributed by atoms with Crippen LogP contribution in [0, 0.1) is 0 Å². The Morgan fingerprint density at radius 1 is 1.19 bits per heavy atom. The molecule has 0 atom stereocenters. The molecule has 1 aliphatic carbocycles. The summed E-state index contributed by atoms with van der Waals surface area (Å²) in [6.45, 7) is -2.95. The number of rotatable bonds is 8. The Hall–Kier alpha value is -3.75. The number of aromatic nitrogens is 3. The summed E-state index contributed by atoms with van der Waals surface area (Å²) < 4.78 is 34.2. The van der Waals surface area contributed by atoms with Crippen molar-refractivity contribution in [1.29, 1.82) is 0 Å². The number of methoxy groups -OCH3 is 1. The van der Waals surface area contributed by atoms with E-state index in [2.05, 4.69) is 25.2 Å². The van der Waals surface area contributed by atoms with E-state index in [1.54, 1.807) is 24.3 Å². The van der Waals surface area contributed by atoms with E-state index in [9.17, 15) is 13.6 Å². The van der Waals surface area contributed by atoms with E-state index in [0.29, 0.717) is 23.0 Å². The zero-order valence-electron chi connectivity index (χ0n) is 16.6. The molecule has 7 nitrogen and oxygen atoms in total. The van der Waals surface area contributed by atoms with Gasteiger partial charge in [-0.15, -0.1) is 0 Å². The molecular formula is C22H20F2N4O3. The predicted octanol–water partition coefficient (Wildman–Crippen LogP) is 4.61. The molecular weight excluding hydrogens is 406 g/mol. The third-order valence-electron chi connectivity index (χ3n) is 4.71. The van der Waals surface area contributed by atoms with Crippen LogP contribution in [0.5, 0.6) is 11.5 Å². The average Bonchev–Trinajstić information content (AvgIpc) is 3.50. The van der Waals surface area contributed by atoms with Gasteiger partial charge in [-0.25, -0.2) is 4.98 Å². The summed E-state index contributed by atoms with van der Waals surface area (Å²) in [5, 5.41) is 9.98. The summed E-state index contributed by atoms with van der Waals surface area (Å²) in [6, 6.07) is 11.6. The Morgan fingerprint density at radius 3 is 2.65 bits per heavy atom. The Bertz CT molecular complexity index is 1090. The second-order valence-electron chi connectivity index (χ2n) is 7.01. The van der Waals surface area contributed by atoms with Crippen LogP contribution in [0.3, 0.4) is 0 Å². The summed E-state index contributed by atoms with van der Waals surface area (Å²) in [5.74, 6) is 1.79. The van der Waals surface area contributed by atoms with Crippen LogP contribution < -0.4 is 14.8 Å². The molecule has 3 aromatic rings. The van der Waals surface area contributed by atoms with Crippen LogP contribution in [0.4, 0.5) is 14.5 Å². The van der Waals surface area contributed by atoms with E-state index in [0.717, 1.165) is 24.2 Å². The number of nitrogens with one attached hydrogen (secondary N) is 2. The number of carbonyl (C=O) groups excluding carboxylic acids is 1. The molecule has 1 aromatic heterocycles. The number of nitrogens with zero attached hydrogens (tertiary/aromatic N) is 2. The number of amides is 1. The molecule has 4 rings (SSSR count). The Kier molecular flexibility index (Phi) is 5.92. The molecule has 9 heteroatoms. The van der Waals surface area contributed by atoms with Crippen molar-refractivity contribution in [2.24, 2.45) is 0 Å². The van der Waals surface area contributed by atoms with E-state index in [1.807, 2.05) is 12.1 Å². The van der Waals surface area contributed by atoms with Crippen molar-refractivity contribution in [3.63, 3.8) is 0 Å². The monoisotopic (exact) mass is 426 g/mol. The van der Waals surface area contributed by atoms with Gasteiger partial charge >= 0.3 is 6.61 Å². The zero-order valence-corrected chi connectivity index (χ0v) is 16.6. The number of hydrogen-bond acceptors (Lipinski definition) is 5. The van der Waals surface area contributed by atoms with Crippen LogP contribution in [0.2, 0.25) is 0 Å². The maximum Gasteiger partial charge on any atom is 0.387 e. The lowest BCUT2D eigenvalue weighted by Gasteiger charge is -2.10. The summed E-state index contributed by atoms with van der Waals surface area (Å²) >= 11 is 0. The van der Waals surface area contributed by atoms with E-state index >= 15 is 0 Å². The fraction of sp³-hybridized carbons (Fsp3) is 0.227. The van der Waals surface area contributed by atoms with Gasteiger partial charge in [0.25, 0.3) is 0 Å². The van der Waals surface area contributed by atoms with Crippen molar-refractivity contribution in [1.82, 2.24) is 15.2 Å². The molecule has 31 heavy (non-hydrogen) atoms. The van der Waals surface area contributed by atoms with Crippen molar-refractivity contribution < 1.29 is 23.0 Å². The van der Waals surface area contributed by atoms with Crippen molar-refractivity contribution in [2.45, 2.75) is 25.4 Å². The third-order valence-corrected chi connectivity index (χ3v) is 4.71. The average molecular weight is 426 g/mol. The number of halogens is 2. The fourth-order valence-electron chi connectivity index (χ4n) is 2.98. The molecule has 0 saturated heterocycles. The first kappa shape index (κ1) is 20.5. The fourth-order valence-corrected chi connectivity index (χ4v) is 2.98. The molecule has 0 unspecified atom stereocenters. The molecule has 0 spiro atoms. The quantitative estimate of drug-likeness (QED) is 0.514. The van der Waals surface area contributed by atoms with Gasteiger partial charge in [-0.05, 0) is 60.9 Å². The van der Waals surface area contributed by atoms with Crippen LogP contribution in [-0.2, 0) is 4.79 Å². The number of ether oxygens (including phenoxy) is 2. The first-order valence-corrected chi connectivity index (χ1v) is 9.66. The van der Waals surface area contributed by atoms with Gasteiger partial charge in [0.1, 0.15) is 5.82 Å². The minimum Gasteiger partial charge on any atom is -0.493 e. The van der Waals surface area contributed by atoms with Gasteiger partial charge in [-0.2, -0.15) is 13.9 Å². The highest BCUT2D eigenvalue weighted by Crippen LogP contribution is 2.38. The number of anilines is 1. The molecule has 1 saturated carbocycles. The molecule has 1 fully saturated rings. The Labute approximate surface area is 177 Å². The molecule has 1 aliphatic rings. The van der Waals surface area contributed by atoms with Crippen LogP contribution in [-0.4, -0.2) is 34.8 Å². The molecule has 2 aromatic carbocycles. The van der Waals surface area contributed by atoms with E-state index in [4.69, 9.17) is 4.74 Å². The highest BCUT2D eigenvalue weighted by atomic mass is 19.3. The highest BCUT2D eigenvalue weighted by molar-refractivity contribution is 6.02. The normalized spacial score (nSPS) is 13.5. The van der Waals surface area contributed by atoms with E-state index < -0.39 is 6.61 Å². The Balaban J connectivity index is 1.37. The van der Waals surface area contributed by atoms with Crippen molar-refractivity contribution in [3.05, 3.63) is 59.9 Å². The number of carbonyl (C=O) groups is 1. The van der Waals surface area contributed by atoms with Crippen LogP contribution in [0.1, 0.15) is 30.1 Å². The second-order valence-corrected chi connectivity index (χ2v) is 7.01.